The van der Waals surface area contributed by atoms with E-state index in [1.54, 1.807) is 0 Å². The van der Waals surface area contributed by atoms with Gasteiger partial charge in [0.2, 0.25) is 0 Å². The molecule has 106 valence electrons. The highest BCUT2D eigenvalue weighted by Gasteiger charge is 2.24. The molecule has 1 aliphatic heterocycles. The summed E-state index contributed by atoms with van der Waals surface area (Å²) in [7, 11) is 0. The number of nitrogens with one attached hydrogen (secondary N) is 1. The fraction of sp³-hybridized carbons (Fsp3) is 0.625. The van der Waals surface area contributed by atoms with Crippen molar-refractivity contribution in [3.8, 4) is 5.75 Å². The molecule has 3 atom stereocenters. The number of rotatable bonds is 6. The highest BCUT2D eigenvalue weighted by Crippen LogP contribution is 2.26. The SMILES string of the molecule is CCOc1ccccc1C(C)NC(C)C1CCOC1. The average Bonchev–Trinajstić information content (AvgIpc) is 2.93. The van der Waals surface area contributed by atoms with E-state index in [0.717, 1.165) is 25.4 Å². The van der Waals surface area contributed by atoms with Crippen molar-refractivity contribution in [1.82, 2.24) is 5.32 Å². The molecule has 2 rings (SSSR count). The second-order valence-corrected chi connectivity index (χ2v) is 5.27. The van der Waals surface area contributed by atoms with Crippen molar-refractivity contribution in [3.05, 3.63) is 29.8 Å². The summed E-state index contributed by atoms with van der Waals surface area (Å²) in [6.07, 6.45) is 1.16. The molecule has 0 aliphatic carbocycles. The number of hydrogen-bond acceptors (Lipinski definition) is 3. The van der Waals surface area contributed by atoms with Gasteiger partial charge in [-0.15, -0.1) is 0 Å². The van der Waals surface area contributed by atoms with Crippen LogP contribution in [-0.4, -0.2) is 25.9 Å². The summed E-state index contributed by atoms with van der Waals surface area (Å²) in [5.41, 5.74) is 1.23. The molecule has 0 saturated carbocycles. The number of para-hydroxylation sites is 1. The molecule has 1 aromatic carbocycles. The second-order valence-electron chi connectivity index (χ2n) is 5.27. The molecule has 0 aromatic heterocycles. The highest BCUT2D eigenvalue weighted by molar-refractivity contribution is 5.35. The molecular formula is C16H25NO2. The minimum Gasteiger partial charge on any atom is -0.494 e. The van der Waals surface area contributed by atoms with Gasteiger partial charge in [0, 0.05) is 24.3 Å². The van der Waals surface area contributed by atoms with E-state index < -0.39 is 0 Å². The third-order valence-electron chi connectivity index (χ3n) is 3.87. The summed E-state index contributed by atoms with van der Waals surface area (Å²) in [4.78, 5) is 0. The van der Waals surface area contributed by atoms with Crippen LogP contribution in [0.3, 0.4) is 0 Å². The molecule has 1 saturated heterocycles. The van der Waals surface area contributed by atoms with Crippen molar-refractivity contribution in [3.63, 3.8) is 0 Å². The van der Waals surface area contributed by atoms with Gasteiger partial charge in [0.1, 0.15) is 5.75 Å². The molecule has 1 heterocycles. The van der Waals surface area contributed by atoms with Crippen LogP contribution >= 0.6 is 0 Å². The normalized spacial score (nSPS) is 22.2. The molecule has 3 heteroatoms. The molecule has 3 unspecified atom stereocenters. The highest BCUT2D eigenvalue weighted by atomic mass is 16.5. The lowest BCUT2D eigenvalue weighted by Crippen LogP contribution is -2.35. The predicted octanol–water partition coefficient (Wildman–Crippen LogP) is 3.16. The topological polar surface area (TPSA) is 30.5 Å². The fourth-order valence-electron chi connectivity index (χ4n) is 2.69. The van der Waals surface area contributed by atoms with Crippen LogP contribution in [0.1, 0.15) is 38.8 Å². The maximum absolute atomic E-state index is 5.70. The van der Waals surface area contributed by atoms with Crippen molar-refractivity contribution in [2.45, 2.75) is 39.3 Å². The van der Waals surface area contributed by atoms with E-state index in [9.17, 15) is 0 Å². The maximum atomic E-state index is 5.70. The first-order valence-corrected chi connectivity index (χ1v) is 7.28. The van der Waals surface area contributed by atoms with Gasteiger partial charge >= 0.3 is 0 Å². The Morgan fingerprint density at radius 3 is 2.84 bits per heavy atom. The van der Waals surface area contributed by atoms with Gasteiger partial charge < -0.3 is 14.8 Å². The van der Waals surface area contributed by atoms with E-state index in [0.29, 0.717) is 24.6 Å². The van der Waals surface area contributed by atoms with E-state index in [2.05, 4.69) is 31.3 Å². The molecule has 0 amide bonds. The summed E-state index contributed by atoms with van der Waals surface area (Å²) >= 11 is 0. The van der Waals surface area contributed by atoms with Crippen molar-refractivity contribution in [1.29, 1.82) is 0 Å². The second kappa shape index (κ2) is 6.92. The van der Waals surface area contributed by atoms with Crippen molar-refractivity contribution in [2.75, 3.05) is 19.8 Å². The van der Waals surface area contributed by atoms with Crippen LogP contribution in [0.15, 0.2) is 24.3 Å². The minimum atomic E-state index is 0.290. The van der Waals surface area contributed by atoms with Crippen LogP contribution in [-0.2, 0) is 4.74 Å². The maximum Gasteiger partial charge on any atom is 0.124 e. The average molecular weight is 263 g/mol. The zero-order valence-corrected chi connectivity index (χ0v) is 12.2. The Kier molecular flexibility index (Phi) is 5.23. The first-order valence-electron chi connectivity index (χ1n) is 7.28. The van der Waals surface area contributed by atoms with Crippen LogP contribution in [0, 0.1) is 5.92 Å². The van der Waals surface area contributed by atoms with Crippen molar-refractivity contribution in [2.24, 2.45) is 5.92 Å². The van der Waals surface area contributed by atoms with Crippen molar-refractivity contribution < 1.29 is 9.47 Å². The van der Waals surface area contributed by atoms with E-state index >= 15 is 0 Å². The van der Waals surface area contributed by atoms with Gasteiger partial charge in [0.25, 0.3) is 0 Å². The summed E-state index contributed by atoms with van der Waals surface area (Å²) in [5.74, 6) is 1.61. The molecule has 0 radical (unpaired) electrons. The van der Waals surface area contributed by atoms with Gasteiger partial charge in [-0.2, -0.15) is 0 Å². The molecule has 1 aromatic rings. The van der Waals surface area contributed by atoms with E-state index in [4.69, 9.17) is 9.47 Å². The quantitative estimate of drug-likeness (QED) is 0.855. The van der Waals surface area contributed by atoms with Crippen LogP contribution in [0.25, 0.3) is 0 Å². The lowest BCUT2D eigenvalue weighted by Gasteiger charge is -2.25. The summed E-state index contributed by atoms with van der Waals surface area (Å²) in [6, 6.07) is 9.03. The lowest BCUT2D eigenvalue weighted by molar-refractivity contribution is 0.177. The standard InChI is InChI=1S/C16H25NO2/c1-4-19-16-8-6-5-7-15(16)13(3)17-12(2)14-9-10-18-11-14/h5-8,12-14,17H,4,9-11H2,1-3H3. The monoisotopic (exact) mass is 263 g/mol. The van der Waals surface area contributed by atoms with E-state index in [-0.39, 0.29) is 0 Å². The van der Waals surface area contributed by atoms with Gasteiger partial charge in [-0.3, -0.25) is 0 Å². The molecule has 1 fully saturated rings. The minimum absolute atomic E-state index is 0.290. The zero-order valence-electron chi connectivity index (χ0n) is 12.2. The van der Waals surface area contributed by atoms with Gasteiger partial charge in [0.05, 0.1) is 13.2 Å². The summed E-state index contributed by atoms with van der Waals surface area (Å²) in [5, 5.41) is 3.68. The van der Waals surface area contributed by atoms with Gasteiger partial charge in [-0.25, -0.2) is 0 Å². The summed E-state index contributed by atoms with van der Waals surface area (Å²) < 4.78 is 11.2. The zero-order chi connectivity index (χ0) is 13.7. The molecule has 0 spiro atoms. The first-order chi connectivity index (χ1) is 9.22. The number of ether oxygens (including phenoxy) is 2. The van der Waals surface area contributed by atoms with Crippen molar-refractivity contribution >= 4 is 0 Å². The largest absolute Gasteiger partial charge is 0.494 e. The lowest BCUT2D eigenvalue weighted by atomic mass is 9.98. The van der Waals surface area contributed by atoms with Crippen LogP contribution in [0.5, 0.6) is 5.75 Å². The van der Waals surface area contributed by atoms with Gasteiger partial charge in [-0.05, 0) is 39.2 Å². The Morgan fingerprint density at radius 1 is 1.37 bits per heavy atom. The van der Waals surface area contributed by atoms with Crippen LogP contribution < -0.4 is 10.1 Å². The number of benzene rings is 1. The van der Waals surface area contributed by atoms with E-state index in [1.807, 2.05) is 19.1 Å². The number of hydrogen-bond donors (Lipinski definition) is 1. The molecule has 1 aliphatic rings. The molecule has 19 heavy (non-hydrogen) atoms. The van der Waals surface area contributed by atoms with Gasteiger partial charge in [0.15, 0.2) is 0 Å². The van der Waals surface area contributed by atoms with Crippen LogP contribution in [0.4, 0.5) is 0 Å². The molecule has 3 nitrogen and oxygen atoms in total. The summed E-state index contributed by atoms with van der Waals surface area (Å²) in [6.45, 7) is 8.96. The van der Waals surface area contributed by atoms with Crippen LogP contribution in [0.2, 0.25) is 0 Å². The Morgan fingerprint density at radius 2 is 2.16 bits per heavy atom. The first kappa shape index (κ1) is 14.4. The molecule has 1 N–H and O–H groups in total. The third-order valence-corrected chi connectivity index (χ3v) is 3.87. The van der Waals surface area contributed by atoms with Gasteiger partial charge in [-0.1, -0.05) is 18.2 Å². The fourth-order valence-corrected chi connectivity index (χ4v) is 2.69. The molecular weight excluding hydrogens is 238 g/mol. The third kappa shape index (κ3) is 3.71. The Balaban J connectivity index is 2.00. The van der Waals surface area contributed by atoms with E-state index in [1.165, 1.54) is 5.56 Å². The Labute approximate surface area is 116 Å². The Hall–Kier alpha value is -1.06. The Bertz CT molecular complexity index is 388. The molecule has 0 bridgehead atoms. The smallest absolute Gasteiger partial charge is 0.124 e. The predicted molar refractivity (Wildman–Crippen MR) is 77.5 cm³/mol.